The van der Waals surface area contributed by atoms with Gasteiger partial charge in [-0.2, -0.15) is 0 Å². The average Bonchev–Trinajstić information content (AvgIpc) is 2.94. The van der Waals surface area contributed by atoms with Gasteiger partial charge in [-0.25, -0.2) is 0 Å². The zero-order valence-corrected chi connectivity index (χ0v) is 25.4. The maximum absolute atomic E-state index is 9.14. The van der Waals surface area contributed by atoms with E-state index in [-0.39, 0.29) is 13.2 Å². The van der Waals surface area contributed by atoms with Crippen LogP contribution in [-0.2, 0) is 13.1 Å². The lowest BCUT2D eigenvalue weighted by atomic mass is 10.2. The van der Waals surface area contributed by atoms with Crippen LogP contribution in [0, 0.1) is 0 Å². The van der Waals surface area contributed by atoms with Gasteiger partial charge in [-0.05, 0) is 37.3 Å². The molecule has 2 aromatic rings. The van der Waals surface area contributed by atoms with E-state index in [2.05, 4.69) is 100 Å². The number of hydrogen-bond acceptors (Lipinski definition) is 6. The SMILES string of the molecule is CCN(CC)CCBr.CCN(CC)CCN(CCO)Cc1ccccc1.OCCNCc1ccccc1. The molecule has 0 amide bonds. The summed E-state index contributed by atoms with van der Waals surface area (Å²) in [6, 6.07) is 20.6. The zero-order valence-electron chi connectivity index (χ0n) is 23.8. The van der Waals surface area contributed by atoms with Crippen molar-refractivity contribution >= 4 is 15.9 Å². The van der Waals surface area contributed by atoms with E-state index in [1.807, 2.05) is 24.3 Å². The largest absolute Gasteiger partial charge is 0.395 e. The third-order valence-electron chi connectivity index (χ3n) is 6.05. The molecule has 0 aliphatic carbocycles. The summed E-state index contributed by atoms with van der Waals surface area (Å²) in [7, 11) is 0. The Balaban J connectivity index is 0.000000580. The molecule has 3 N–H and O–H groups in total. The monoisotopic (exact) mass is 580 g/mol. The number of alkyl halides is 1. The molecule has 212 valence electrons. The van der Waals surface area contributed by atoms with Crippen molar-refractivity contribution in [2.45, 2.75) is 40.8 Å². The number of benzene rings is 2. The van der Waals surface area contributed by atoms with Crippen LogP contribution in [0.1, 0.15) is 38.8 Å². The van der Waals surface area contributed by atoms with Crippen molar-refractivity contribution in [1.82, 2.24) is 20.0 Å². The van der Waals surface area contributed by atoms with Crippen molar-refractivity contribution in [1.29, 1.82) is 0 Å². The average molecular weight is 582 g/mol. The number of rotatable bonds is 17. The molecule has 0 saturated heterocycles. The van der Waals surface area contributed by atoms with Gasteiger partial charge in [0.05, 0.1) is 13.2 Å². The minimum absolute atomic E-state index is 0.201. The summed E-state index contributed by atoms with van der Waals surface area (Å²) in [6.45, 7) is 20.1. The standard InChI is InChI=1S/C15H26N2O.C9H13NO.C6H14BrN/c1-3-16(4-2)10-11-17(12-13-18)14-15-8-6-5-7-9-15;11-7-6-10-8-9-4-2-1-3-5-9;1-3-8(4-2)6-5-7/h5-9,18H,3-4,10-14H2,1-2H3;1-5,10-11H,6-8H2;3-6H2,1-2H3. The van der Waals surface area contributed by atoms with E-state index in [0.717, 1.165) is 51.1 Å². The van der Waals surface area contributed by atoms with Crippen molar-refractivity contribution in [3.8, 4) is 0 Å². The highest BCUT2D eigenvalue weighted by Gasteiger charge is 2.07. The first-order valence-electron chi connectivity index (χ1n) is 13.8. The number of aliphatic hydroxyl groups is 2. The molecule has 0 aromatic heterocycles. The molecule has 0 unspecified atom stereocenters. The third kappa shape index (κ3) is 20.3. The van der Waals surface area contributed by atoms with E-state index >= 15 is 0 Å². The highest BCUT2D eigenvalue weighted by atomic mass is 79.9. The number of hydrogen-bond donors (Lipinski definition) is 3. The van der Waals surface area contributed by atoms with Crippen molar-refractivity contribution in [3.63, 3.8) is 0 Å². The fraction of sp³-hybridized carbons (Fsp3) is 0.600. The highest BCUT2D eigenvalue weighted by Crippen LogP contribution is 2.04. The lowest BCUT2D eigenvalue weighted by molar-refractivity contribution is 0.167. The molecule has 7 heteroatoms. The van der Waals surface area contributed by atoms with Crippen LogP contribution in [0.25, 0.3) is 0 Å². The lowest BCUT2D eigenvalue weighted by Gasteiger charge is -2.25. The van der Waals surface area contributed by atoms with Gasteiger partial charge in [0.25, 0.3) is 0 Å². The second kappa shape index (κ2) is 26.3. The zero-order chi connectivity index (χ0) is 27.6. The Labute approximate surface area is 235 Å². The summed E-state index contributed by atoms with van der Waals surface area (Å²) >= 11 is 3.39. The molecular formula is C30H53BrN4O2. The van der Waals surface area contributed by atoms with Gasteiger partial charge in [-0.1, -0.05) is 104 Å². The Morgan fingerprint density at radius 2 is 1.11 bits per heavy atom. The summed E-state index contributed by atoms with van der Waals surface area (Å²) in [6.07, 6.45) is 0. The number of halogens is 1. The molecule has 0 aliphatic heterocycles. The number of likely N-dealkylation sites (N-methyl/N-ethyl adjacent to an activating group) is 1. The van der Waals surface area contributed by atoms with Gasteiger partial charge < -0.3 is 25.3 Å². The normalized spacial score (nSPS) is 10.8. The topological polar surface area (TPSA) is 62.2 Å². The first kappa shape index (κ1) is 35.7. The van der Waals surface area contributed by atoms with E-state index in [1.54, 1.807) is 0 Å². The number of nitrogens with zero attached hydrogens (tertiary/aromatic N) is 3. The van der Waals surface area contributed by atoms with Crippen LogP contribution in [-0.4, -0.2) is 102 Å². The van der Waals surface area contributed by atoms with Crippen molar-refractivity contribution in [3.05, 3.63) is 71.8 Å². The van der Waals surface area contributed by atoms with Gasteiger partial charge in [0, 0.05) is 51.1 Å². The third-order valence-corrected chi connectivity index (χ3v) is 6.40. The molecule has 0 spiro atoms. The van der Waals surface area contributed by atoms with Gasteiger partial charge in [-0.3, -0.25) is 4.90 Å². The molecule has 0 saturated carbocycles. The van der Waals surface area contributed by atoms with E-state index in [1.165, 1.54) is 30.8 Å². The summed E-state index contributed by atoms with van der Waals surface area (Å²) in [5.74, 6) is 0. The molecular weight excluding hydrogens is 528 g/mol. The Kier molecular flexibility index (Phi) is 25.4. The van der Waals surface area contributed by atoms with Gasteiger partial charge in [0.2, 0.25) is 0 Å². The summed E-state index contributed by atoms with van der Waals surface area (Å²) in [4.78, 5) is 7.11. The number of nitrogens with one attached hydrogen (secondary N) is 1. The Morgan fingerprint density at radius 1 is 0.622 bits per heavy atom. The van der Waals surface area contributed by atoms with Crippen LogP contribution in [0.5, 0.6) is 0 Å². The maximum Gasteiger partial charge on any atom is 0.0558 e. The minimum atomic E-state index is 0.201. The molecule has 6 nitrogen and oxygen atoms in total. The molecule has 0 heterocycles. The second-order valence-corrected chi connectivity index (χ2v) is 9.41. The van der Waals surface area contributed by atoms with Crippen LogP contribution >= 0.6 is 15.9 Å². The predicted octanol–water partition coefficient (Wildman–Crippen LogP) is 4.31. The van der Waals surface area contributed by atoms with Gasteiger partial charge in [0.1, 0.15) is 0 Å². The van der Waals surface area contributed by atoms with E-state index < -0.39 is 0 Å². The Bertz CT molecular complexity index is 701. The van der Waals surface area contributed by atoms with Crippen molar-refractivity contribution in [2.24, 2.45) is 0 Å². The van der Waals surface area contributed by atoms with E-state index in [0.29, 0.717) is 6.54 Å². The smallest absolute Gasteiger partial charge is 0.0558 e. The fourth-order valence-corrected chi connectivity index (χ4v) is 4.14. The van der Waals surface area contributed by atoms with E-state index in [9.17, 15) is 0 Å². The van der Waals surface area contributed by atoms with Crippen molar-refractivity contribution in [2.75, 3.05) is 77.4 Å². The molecule has 0 bridgehead atoms. The Morgan fingerprint density at radius 3 is 1.54 bits per heavy atom. The molecule has 0 atom stereocenters. The summed E-state index contributed by atoms with van der Waals surface area (Å²) in [5.41, 5.74) is 2.56. The molecule has 2 aromatic carbocycles. The van der Waals surface area contributed by atoms with Gasteiger partial charge >= 0.3 is 0 Å². The molecule has 37 heavy (non-hydrogen) atoms. The van der Waals surface area contributed by atoms with E-state index in [4.69, 9.17) is 10.2 Å². The predicted molar refractivity (Wildman–Crippen MR) is 163 cm³/mol. The van der Waals surface area contributed by atoms with Crippen LogP contribution in [0.3, 0.4) is 0 Å². The Hall–Kier alpha value is -1.32. The summed E-state index contributed by atoms with van der Waals surface area (Å²) < 4.78 is 0. The minimum Gasteiger partial charge on any atom is -0.395 e. The quantitative estimate of drug-likeness (QED) is 0.191. The lowest BCUT2D eigenvalue weighted by Crippen LogP contribution is -2.36. The van der Waals surface area contributed by atoms with Crippen LogP contribution in [0.4, 0.5) is 0 Å². The fourth-order valence-electron chi connectivity index (χ4n) is 3.64. The highest BCUT2D eigenvalue weighted by molar-refractivity contribution is 9.09. The van der Waals surface area contributed by atoms with Crippen LogP contribution in [0.2, 0.25) is 0 Å². The van der Waals surface area contributed by atoms with Crippen LogP contribution in [0.15, 0.2) is 60.7 Å². The molecule has 0 radical (unpaired) electrons. The van der Waals surface area contributed by atoms with Gasteiger partial charge in [0.15, 0.2) is 0 Å². The number of aliphatic hydroxyl groups excluding tert-OH is 2. The summed E-state index contributed by atoms with van der Waals surface area (Å²) in [5, 5.41) is 21.8. The van der Waals surface area contributed by atoms with Crippen molar-refractivity contribution < 1.29 is 10.2 Å². The second-order valence-electron chi connectivity index (χ2n) is 8.61. The first-order valence-corrected chi connectivity index (χ1v) is 14.9. The molecule has 2 rings (SSSR count). The van der Waals surface area contributed by atoms with Crippen LogP contribution < -0.4 is 5.32 Å². The maximum atomic E-state index is 9.14. The molecule has 0 fully saturated rings. The molecule has 0 aliphatic rings. The first-order chi connectivity index (χ1) is 18.1. The van der Waals surface area contributed by atoms with Gasteiger partial charge in [-0.15, -0.1) is 0 Å².